The molecule has 0 spiro atoms. The Bertz CT molecular complexity index is 194. The van der Waals surface area contributed by atoms with E-state index in [1.807, 2.05) is 6.92 Å². The van der Waals surface area contributed by atoms with Crippen molar-refractivity contribution in [3.63, 3.8) is 0 Å². The molecule has 0 aliphatic rings. The molecule has 1 rings (SSSR count). The van der Waals surface area contributed by atoms with Gasteiger partial charge in [0.15, 0.2) is 5.13 Å². The normalized spacial score (nSPS) is 13.6. The predicted octanol–water partition coefficient (Wildman–Crippen LogP) is 0.745. The lowest BCUT2D eigenvalue weighted by molar-refractivity contribution is 0.835. The maximum Gasteiger partial charge on any atom is 0.180 e. The molecule has 50 valence electrons. The van der Waals surface area contributed by atoms with E-state index in [1.165, 1.54) is 11.3 Å². The highest BCUT2D eigenvalue weighted by atomic mass is 32.1. The molecule has 1 aromatic rings. The Hall–Kier alpha value is -0.610. The molecule has 1 atom stereocenters. The fourth-order valence-corrected chi connectivity index (χ4v) is 1.15. The summed E-state index contributed by atoms with van der Waals surface area (Å²) in [6, 6.07) is 0.0554. The standard InChI is InChI=1S/C5H9N3S/c1-3(6)4-2-8-5(7)9-4/h2-3H,6H2,1H3,(H2,7,8). The molecule has 0 aliphatic heterocycles. The van der Waals surface area contributed by atoms with Crippen LogP contribution in [0.2, 0.25) is 0 Å². The second-order valence-corrected chi connectivity index (χ2v) is 2.98. The predicted molar refractivity (Wildman–Crippen MR) is 39.1 cm³/mol. The Balaban J connectivity index is 2.85. The highest BCUT2D eigenvalue weighted by Crippen LogP contribution is 2.19. The Morgan fingerprint density at radius 3 is 2.67 bits per heavy atom. The Labute approximate surface area is 57.7 Å². The van der Waals surface area contributed by atoms with E-state index in [-0.39, 0.29) is 6.04 Å². The van der Waals surface area contributed by atoms with Crippen molar-refractivity contribution >= 4 is 16.5 Å². The molecule has 0 bridgehead atoms. The third kappa shape index (κ3) is 1.40. The van der Waals surface area contributed by atoms with Crippen molar-refractivity contribution < 1.29 is 0 Å². The van der Waals surface area contributed by atoms with Crippen LogP contribution in [-0.4, -0.2) is 4.98 Å². The van der Waals surface area contributed by atoms with E-state index in [0.717, 1.165) is 4.88 Å². The summed E-state index contributed by atoms with van der Waals surface area (Å²) in [5, 5.41) is 0.585. The van der Waals surface area contributed by atoms with Gasteiger partial charge < -0.3 is 11.5 Å². The average molecular weight is 143 g/mol. The molecule has 0 aromatic carbocycles. The zero-order valence-corrected chi connectivity index (χ0v) is 5.98. The van der Waals surface area contributed by atoms with Gasteiger partial charge in [-0.2, -0.15) is 0 Å². The monoisotopic (exact) mass is 143 g/mol. The van der Waals surface area contributed by atoms with Gasteiger partial charge in [-0.05, 0) is 6.92 Å². The van der Waals surface area contributed by atoms with Crippen LogP contribution < -0.4 is 11.5 Å². The summed E-state index contributed by atoms with van der Waals surface area (Å²) in [5.41, 5.74) is 10.9. The minimum atomic E-state index is 0.0554. The van der Waals surface area contributed by atoms with Crippen LogP contribution in [0.25, 0.3) is 0 Å². The van der Waals surface area contributed by atoms with E-state index >= 15 is 0 Å². The van der Waals surface area contributed by atoms with Crippen LogP contribution in [0.1, 0.15) is 17.8 Å². The van der Waals surface area contributed by atoms with Crippen LogP contribution in [0.3, 0.4) is 0 Å². The van der Waals surface area contributed by atoms with E-state index in [0.29, 0.717) is 5.13 Å². The number of hydrogen-bond donors (Lipinski definition) is 2. The minimum absolute atomic E-state index is 0.0554. The molecule has 0 aliphatic carbocycles. The van der Waals surface area contributed by atoms with Gasteiger partial charge in [-0.3, -0.25) is 0 Å². The molecule has 0 fully saturated rings. The van der Waals surface area contributed by atoms with E-state index in [1.54, 1.807) is 6.20 Å². The van der Waals surface area contributed by atoms with Crippen molar-refractivity contribution in [1.29, 1.82) is 0 Å². The largest absolute Gasteiger partial charge is 0.375 e. The Kier molecular flexibility index (Phi) is 1.68. The summed E-state index contributed by atoms with van der Waals surface area (Å²) in [4.78, 5) is 4.89. The molecule has 4 N–H and O–H groups in total. The lowest BCUT2D eigenvalue weighted by atomic mass is 10.3. The first-order chi connectivity index (χ1) is 4.20. The first kappa shape index (κ1) is 6.51. The van der Waals surface area contributed by atoms with E-state index in [2.05, 4.69) is 4.98 Å². The molecule has 9 heavy (non-hydrogen) atoms. The molecular formula is C5H9N3S. The Morgan fingerprint density at radius 2 is 2.44 bits per heavy atom. The highest BCUT2D eigenvalue weighted by Gasteiger charge is 2.01. The van der Waals surface area contributed by atoms with Gasteiger partial charge in [0.25, 0.3) is 0 Å². The van der Waals surface area contributed by atoms with Crippen molar-refractivity contribution in [2.75, 3.05) is 5.73 Å². The number of nitrogen functional groups attached to an aromatic ring is 1. The molecule has 4 heteroatoms. The molecule has 0 saturated carbocycles. The van der Waals surface area contributed by atoms with Crippen LogP contribution in [0.5, 0.6) is 0 Å². The van der Waals surface area contributed by atoms with Gasteiger partial charge in [-0.25, -0.2) is 4.98 Å². The van der Waals surface area contributed by atoms with Gasteiger partial charge in [-0.1, -0.05) is 0 Å². The molecule has 0 radical (unpaired) electrons. The van der Waals surface area contributed by atoms with Crippen molar-refractivity contribution in [3.05, 3.63) is 11.1 Å². The summed E-state index contributed by atoms with van der Waals surface area (Å²) in [6.45, 7) is 1.91. The van der Waals surface area contributed by atoms with Gasteiger partial charge in [0.1, 0.15) is 0 Å². The summed E-state index contributed by atoms with van der Waals surface area (Å²) >= 11 is 1.44. The molecule has 3 nitrogen and oxygen atoms in total. The van der Waals surface area contributed by atoms with Gasteiger partial charge >= 0.3 is 0 Å². The van der Waals surface area contributed by atoms with Gasteiger partial charge in [0.2, 0.25) is 0 Å². The zero-order chi connectivity index (χ0) is 6.85. The quantitative estimate of drug-likeness (QED) is 0.609. The van der Waals surface area contributed by atoms with Gasteiger partial charge in [-0.15, -0.1) is 11.3 Å². The number of anilines is 1. The molecular weight excluding hydrogens is 134 g/mol. The van der Waals surface area contributed by atoms with Gasteiger partial charge in [0, 0.05) is 17.1 Å². The molecule has 0 amide bonds. The van der Waals surface area contributed by atoms with Crippen LogP contribution in [-0.2, 0) is 0 Å². The first-order valence-corrected chi connectivity index (χ1v) is 3.48. The van der Waals surface area contributed by atoms with E-state index < -0.39 is 0 Å². The van der Waals surface area contributed by atoms with Crippen molar-refractivity contribution in [3.8, 4) is 0 Å². The number of nitrogens with zero attached hydrogens (tertiary/aromatic N) is 1. The fraction of sp³-hybridized carbons (Fsp3) is 0.400. The third-order valence-electron chi connectivity index (χ3n) is 0.990. The minimum Gasteiger partial charge on any atom is -0.375 e. The van der Waals surface area contributed by atoms with Crippen LogP contribution in [0.4, 0.5) is 5.13 Å². The lowest BCUT2D eigenvalue weighted by Gasteiger charge is -1.95. The number of rotatable bonds is 1. The summed E-state index contributed by atoms with van der Waals surface area (Å²) in [5.74, 6) is 0. The topological polar surface area (TPSA) is 64.9 Å². The number of aromatic nitrogens is 1. The highest BCUT2D eigenvalue weighted by molar-refractivity contribution is 7.15. The van der Waals surface area contributed by atoms with Crippen LogP contribution in [0, 0.1) is 0 Å². The van der Waals surface area contributed by atoms with E-state index in [9.17, 15) is 0 Å². The van der Waals surface area contributed by atoms with Gasteiger partial charge in [0.05, 0.1) is 0 Å². The summed E-state index contributed by atoms with van der Waals surface area (Å²) in [6.07, 6.45) is 1.71. The van der Waals surface area contributed by atoms with Crippen LogP contribution in [0.15, 0.2) is 6.20 Å². The third-order valence-corrected chi connectivity index (χ3v) is 2.02. The molecule has 1 aromatic heterocycles. The van der Waals surface area contributed by atoms with E-state index in [4.69, 9.17) is 11.5 Å². The maximum atomic E-state index is 5.54. The van der Waals surface area contributed by atoms with Crippen LogP contribution >= 0.6 is 11.3 Å². The summed E-state index contributed by atoms with van der Waals surface area (Å²) < 4.78 is 0. The summed E-state index contributed by atoms with van der Waals surface area (Å²) in [7, 11) is 0. The molecule has 1 heterocycles. The fourth-order valence-electron chi connectivity index (χ4n) is 0.511. The maximum absolute atomic E-state index is 5.54. The van der Waals surface area contributed by atoms with Crippen molar-refractivity contribution in [2.45, 2.75) is 13.0 Å². The number of hydrogen-bond acceptors (Lipinski definition) is 4. The Morgan fingerprint density at radius 1 is 1.78 bits per heavy atom. The lowest BCUT2D eigenvalue weighted by Crippen LogP contribution is -2.01. The first-order valence-electron chi connectivity index (χ1n) is 2.67. The van der Waals surface area contributed by atoms with Crippen molar-refractivity contribution in [1.82, 2.24) is 4.98 Å². The SMILES string of the molecule is CC(N)c1cnc(N)s1. The molecule has 1 unspecified atom stereocenters. The molecule has 0 saturated heterocycles. The van der Waals surface area contributed by atoms with Crippen molar-refractivity contribution in [2.24, 2.45) is 5.73 Å². The number of nitrogens with two attached hydrogens (primary N) is 2. The smallest absolute Gasteiger partial charge is 0.180 e. The number of thiazole rings is 1. The second kappa shape index (κ2) is 2.33. The zero-order valence-electron chi connectivity index (χ0n) is 5.16. The average Bonchev–Trinajstić information content (AvgIpc) is 2.14. The second-order valence-electron chi connectivity index (χ2n) is 1.89.